The van der Waals surface area contributed by atoms with Crippen LogP contribution in [0.1, 0.15) is 32.8 Å². The van der Waals surface area contributed by atoms with E-state index in [-0.39, 0.29) is 43.6 Å². The van der Waals surface area contributed by atoms with Gasteiger partial charge in [-0.05, 0) is 65.7 Å². The number of fused-ring (bicyclic) bond motifs is 8. The summed E-state index contributed by atoms with van der Waals surface area (Å²) in [5, 5.41) is 14.1. The van der Waals surface area contributed by atoms with Gasteiger partial charge in [-0.1, -0.05) is 35.5 Å². The summed E-state index contributed by atoms with van der Waals surface area (Å²) in [5.41, 5.74) is 3.06. The van der Waals surface area contributed by atoms with Crippen molar-refractivity contribution >= 4 is 17.7 Å². The zero-order chi connectivity index (χ0) is 34.6. The quantitative estimate of drug-likeness (QED) is 0.291. The fraction of sp³-hybridized carbons (Fsp3) is 0.216. The van der Waals surface area contributed by atoms with Crippen molar-refractivity contribution in [1.29, 1.82) is 0 Å². The minimum atomic E-state index is -0.694. The number of para-hydroxylation sites is 1. The summed E-state index contributed by atoms with van der Waals surface area (Å²) < 4.78 is 34.0. The molecule has 4 aromatic carbocycles. The number of benzene rings is 4. The van der Waals surface area contributed by atoms with Crippen LogP contribution in [0, 0.1) is 5.82 Å². The maximum atomic E-state index is 14.8. The van der Waals surface area contributed by atoms with E-state index in [1.54, 1.807) is 53.6 Å². The summed E-state index contributed by atoms with van der Waals surface area (Å²) in [6, 6.07) is 25.0. The molecular formula is C37H33FN6O6. The normalized spacial score (nSPS) is 17.8. The SMILES string of the molecule is COc1ccc2cc1-c1cccc(c1)OCC(=O)NCc1cc(F)cc(c1)O[C@@H]1CCN(C(=O)c3cn(-c4ccccc4)nn3)C[C@H]1NC2=O. The summed E-state index contributed by atoms with van der Waals surface area (Å²) in [6.07, 6.45) is 1.26. The number of carbonyl (C=O) groups excluding carboxylic acids is 3. The van der Waals surface area contributed by atoms with Gasteiger partial charge in [0, 0.05) is 43.2 Å². The van der Waals surface area contributed by atoms with Gasteiger partial charge in [0.25, 0.3) is 17.7 Å². The summed E-state index contributed by atoms with van der Waals surface area (Å²) in [5.74, 6) is -0.511. The molecule has 0 radical (unpaired) electrons. The Morgan fingerprint density at radius 1 is 0.960 bits per heavy atom. The van der Waals surface area contributed by atoms with Crippen molar-refractivity contribution in [2.45, 2.75) is 25.1 Å². The first-order valence-electron chi connectivity index (χ1n) is 16.0. The monoisotopic (exact) mass is 676 g/mol. The van der Waals surface area contributed by atoms with Gasteiger partial charge in [0.1, 0.15) is 29.2 Å². The third-order valence-electron chi connectivity index (χ3n) is 8.57. The van der Waals surface area contributed by atoms with E-state index in [0.717, 1.165) is 5.69 Å². The number of carbonyl (C=O) groups is 3. The Bertz CT molecular complexity index is 2050. The van der Waals surface area contributed by atoms with Crippen LogP contribution in [0.25, 0.3) is 16.8 Å². The predicted molar refractivity (Wildman–Crippen MR) is 180 cm³/mol. The molecule has 2 N–H and O–H groups in total. The average Bonchev–Trinajstić information content (AvgIpc) is 3.64. The first-order valence-corrected chi connectivity index (χ1v) is 16.0. The number of hydrogen-bond donors (Lipinski definition) is 2. The fourth-order valence-electron chi connectivity index (χ4n) is 6.07. The van der Waals surface area contributed by atoms with Crippen LogP contribution in [0.4, 0.5) is 4.39 Å². The van der Waals surface area contributed by atoms with E-state index in [4.69, 9.17) is 14.2 Å². The lowest BCUT2D eigenvalue weighted by Gasteiger charge is -2.38. The molecule has 3 amide bonds. The van der Waals surface area contributed by atoms with Crippen LogP contribution in [0.5, 0.6) is 17.2 Å². The second-order valence-electron chi connectivity index (χ2n) is 12.0. The molecule has 2 atom stereocenters. The molecule has 2 aliphatic heterocycles. The standard InChI is InChI=1S/C37H33FN6O6/c1-48-33-11-10-25-17-30(33)24-6-5-9-28(16-24)49-22-35(45)39-19-23-14-26(38)18-29(15-23)50-34-12-13-43(20-31(34)40-36(25)46)37(47)32-21-44(42-41-32)27-7-3-2-4-8-27/h2-11,14-18,21,31,34H,12-13,19-20,22H2,1H3,(H,39,45)(H,40,46)/t31-,34-/m1/s1. The van der Waals surface area contributed by atoms with Crippen molar-refractivity contribution in [3.63, 3.8) is 0 Å². The largest absolute Gasteiger partial charge is 0.496 e. The van der Waals surface area contributed by atoms with Crippen LogP contribution in [0.2, 0.25) is 0 Å². The van der Waals surface area contributed by atoms with E-state index in [1.165, 1.54) is 23.9 Å². The summed E-state index contributed by atoms with van der Waals surface area (Å²) in [6.45, 7) is 0.156. The number of ether oxygens (including phenoxy) is 3. The number of aromatic nitrogens is 3. The summed E-state index contributed by atoms with van der Waals surface area (Å²) in [7, 11) is 1.54. The molecule has 254 valence electrons. The van der Waals surface area contributed by atoms with Gasteiger partial charge in [0.15, 0.2) is 12.3 Å². The third-order valence-corrected chi connectivity index (χ3v) is 8.57. The van der Waals surface area contributed by atoms with E-state index in [1.807, 2.05) is 36.4 Å². The van der Waals surface area contributed by atoms with Crippen molar-refractivity contribution in [3.05, 3.63) is 120 Å². The minimum absolute atomic E-state index is 0.0379. The first-order chi connectivity index (χ1) is 24.3. The van der Waals surface area contributed by atoms with Gasteiger partial charge in [0.05, 0.1) is 25.0 Å². The Labute approximate surface area is 286 Å². The Balaban J connectivity index is 1.21. The molecule has 3 heterocycles. The molecule has 13 heteroatoms. The highest BCUT2D eigenvalue weighted by atomic mass is 19.1. The lowest BCUT2D eigenvalue weighted by Crippen LogP contribution is -2.58. The highest BCUT2D eigenvalue weighted by Crippen LogP contribution is 2.33. The number of nitrogens with one attached hydrogen (secondary N) is 2. The molecule has 1 aromatic heterocycles. The molecule has 0 saturated carbocycles. The highest BCUT2D eigenvalue weighted by molar-refractivity contribution is 5.97. The number of halogens is 1. The molecule has 2 aliphatic rings. The zero-order valence-electron chi connectivity index (χ0n) is 27.0. The predicted octanol–water partition coefficient (Wildman–Crippen LogP) is 4.18. The van der Waals surface area contributed by atoms with Crippen LogP contribution in [0.15, 0.2) is 97.2 Å². The van der Waals surface area contributed by atoms with Gasteiger partial charge in [-0.2, -0.15) is 0 Å². The smallest absolute Gasteiger partial charge is 0.276 e. The van der Waals surface area contributed by atoms with E-state index in [9.17, 15) is 18.8 Å². The van der Waals surface area contributed by atoms with Crippen LogP contribution in [-0.4, -0.2) is 76.6 Å². The molecule has 0 aliphatic carbocycles. The van der Waals surface area contributed by atoms with Crippen LogP contribution in [0.3, 0.4) is 0 Å². The van der Waals surface area contributed by atoms with Crippen molar-refractivity contribution in [2.75, 3.05) is 26.8 Å². The van der Waals surface area contributed by atoms with Gasteiger partial charge in [-0.3, -0.25) is 14.4 Å². The van der Waals surface area contributed by atoms with Crippen LogP contribution >= 0.6 is 0 Å². The topological polar surface area (TPSA) is 137 Å². The molecule has 5 aromatic rings. The maximum absolute atomic E-state index is 14.8. The highest BCUT2D eigenvalue weighted by Gasteiger charge is 2.36. The number of amides is 3. The van der Waals surface area contributed by atoms with Crippen LogP contribution in [-0.2, 0) is 11.3 Å². The molecular weight excluding hydrogens is 643 g/mol. The van der Waals surface area contributed by atoms with E-state index in [2.05, 4.69) is 20.9 Å². The number of piperidine rings is 1. The second-order valence-corrected chi connectivity index (χ2v) is 12.0. The minimum Gasteiger partial charge on any atom is -0.496 e. The van der Waals surface area contributed by atoms with Crippen LogP contribution < -0.4 is 24.8 Å². The number of rotatable bonds is 3. The second kappa shape index (κ2) is 14.1. The van der Waals surface area contributed by atoms with Gasteiger partial charge in [-0.25, -0.2) is 9.07 Å². The number of nitrogens with zero attached hydrogens (tertiary/aromatic N) is 4. The number of likely N-dealkylation sites (tertiary alicyclic amines) is 1. The van der Waals surface area contributed by atoms with Crippen molar-refractivity contribution in [2.24, 2.45) is 0 Å². The van der Waals surface area contributed by atoms with Crippen molar-refractivity contribution in [1.82, 2.24) is 30.5 Å². The molecule has 0 spiro atoms. The number of methoxy groups -OCH3 is 1. The third kappa shape index (κ3) is 7.11. The van der Waals surface area contributed by atoms with Gasteiger partial charge in [-0.15, -0.1) is 5.10 Å². The fourth-order valence-corrected chi connectivity index (χ4v) is 6.07. The number of hydrogen-bond acceptors (Lipinski definition) is 8. The summed E-state index contributed by atoms with van der Waals surface area (Å²) >= 11 is 0. The Hall–Kier alpha value is -6.24. The Morgan fingerprint density at radius 3 is 2.66 bits per heavy atom. The summed E-state index contributed by atoms with van der Waals surface area (Å²) in [4.78, 5) is 41.8. The Kier molecular flexibility index (Phi) is 9.10. The Morgan fingerprint density at radius 2 is 1.82 bits per heavy atom. The maximum Gasteiger partial charge on any atom is 0.276 e. The first kappa shape index (κ1) is 32.3. The van der Waals surface area contributed by atoms with E-state index >= 15 is 0 Å². The van der Waals surface area contributed by atoms with Gasteiger partial charge < -0.3 is 29.7 Å². The average molecular weight is 677 g/mol. The lowest BCUT2D eigenvalue weighted by atomic mass is 9.99. The molecule has 12 nitrogen and oxygen atoms in total. The molecule has 6 bridgehead atoms. The molecule has 0 unspecified atom stereocenters. The zero-order valence-corrected chi connectivity index (χ0v) is 27.0. The lowest BCUT2D eigenvalue weighted by molar-refractivity contribution is -0.123. The van der Waals surface area contributed by atoms with Crippen molar-refractivity contribution in [3.8, 4) is 34.1 Å². The molecule has 1 saturated heterocycles. The van der Waals surface area contributed by atoms with E-state index < -0.39 is 29.8 Å². The molecule has 50 heavy (non-hydrogen) atoms. The van der Waals surface area contributed by atoms with Gasteiger partial charge >= 0.3 is 0 Å². The molecule has 1 fully saturated rings. The van der Waals surface area contributed by atoms with Gasteiger partial charge in [0.2, 0.25) is 0 Å². The van der Waals surface area contributed by atoms with E-state index in [0.29, 0.717) is 40.2 Å². The van der Waals surface area contributed by atoms with Crippen molar-refractivity contribution < 1.29 is 33.0 Å². The molecule has 7 rings (SSSR count).